The van der Waals surface area contributed by atoms with Gasteiger partial charge in [-0.05, 0) is 49.9 Å². The predicted octanol–water partition coefficient (Wildman–Crippen LogP) is 1.74. The molecule has 1 amide bonds. The number of hydrogen-bond acceptors (Lipinski definition) is 5. The second kappa shape index (κ2) is 9.33. The number of sulfonamides is 2. The summed E-state index contributed by atoms with van der Waals surface area (Å²) in [6, 6.07) is 5.38. The molecule has 0 aromatic heterocycles. The number of nitrogens with zero attached hydrogens (tertiary/aromatic N) is 3. The Morgan fingerprint density at radius 1 is 0.933 bits per heavy atom. The van der Waals surface area contributed by atoms with Crippen molar-refractivity contribution in [3.05, 3.63) is 24.3 Å². The number of rotatable bonds is 7. The lowest BCUT2D eigenvalue weighted by atomic mass is 9.98. The molecule has 0 unspecified atom stereocenters. The van der Waals surface area contributed by atoms with Crippen LogP contribution in [0.1, 0.15) is 39.5 Å². The van der Waals surface area contributed by atoms with Gasteiger partial charge in [0, 0.05) is 39.3 Å². The molecule has 168 valence electrons. The highest BCUT2D eigenvalue weighted by atomic mass is 32.2. The van der Waals surface area contributed by atoms with Crippen molar-refractivity contribution in [2.45, 2.75) is 49.3 Å². The van der Waals surface area contributed by atoms with Crippen LogP contribution in [-0.2, 0) is 24.8 Å². The molecule has 3 rings (SSSR count). The lowest BCUT2D eigenvalue weighted by Gasteiger charge is -2.33. The summed E-state index contributed by atoms with van der Waals surface area (Å²) >= 11 is 0. The first-order chi connectivity index (χ1) is 14.2. The number of carbonyl (C=O) groups excluding carboxylic acids is 1. The molecule has 0 saturated carbocycles. The van der Waals surface area contributed by atoms with Gasteiger partial charge in [-0.3, -0.25) is 4.79 Å². The maximum absolute atomic E-state index is 13.1. The predicted molar refractivity (Wildman–Crippen MR) is 114 cm³/mol. The third kappa shape index (κ3) is 4.56. The molecule has 2 saturated heterocycles. The van der Waals surface area contributed by atoms with Gasteiger partial charge >= 0.3 is 0 Å². The lowest BCUT2D eigenvalue weighted by Crippen LogP contribution is -2.46. The molecular weight excluding hydrogens is 426 g/mol. The summed E-state index contributed by atoms with van der Waals surface area (Å²) in [6.07, 6.45) is 3.34. The zero-order valence-corrected chi connectivity index (χ0v) is 19.3. The Labute approximate surface area is 179 Å². The number of piperidine rings is 1. The van der Waals surface area contributed by atoms with Crippen molar-refractivity contribution in [2.75, 3.05) is 39.3 Å². The Morgan fingerprint density at radius 2 is 1.50 bits per heavy atom. The van der Waals surface area contributed by atoms with Gasteiger partial charge in [-0.15, -0.1) is 0 Å². The first kappa shape index (κ1) is 23.2. The van der Waals surface area contributed by atoms with Crippen LogP contribution >= 0.6 is 0 Å². The minimum atomic E-state index is -3.79. The molecule has 0 aliphatic carbocycles. The van der Waals surface area contributed by atoms with Crippen molar-refractivity contribution in [3.63, 3.8) is 0 Å². The number of hydrogen-bond donors (Lipinski definition) is 0. The van der Waals surface area contributed by atoms with E-state index in [-0.39, 0.29) is 28.2 Å². The summed E-state index contributed by atoms with van der Waals surface area (Å²) in [5, 5.41) is 0. The van der Waals surface area contributed by atoms with Gasteiger partial charge < -0.3 is 4.90 Å². The molecule has 10 heteroatoms. The Bertz CT molecular complexity index is 951. The monoisotopic (exact) mass is 457 g/mol. The van der Waals surface area contributed by atoms with E-state index in [1.165, 1.54) is 32.9 Å². The maximum Gasteiger partial charge on any atom is 0.243 e. The molecule has 1 aromatic carbocycles. The standard InChI is InChI=1S/C20H31N3O5S2/c1-3-22(4-2)29(25,26)18-9-11-19(12-10-18)30(27,28)23-15-7-8-17(16-23)20(24)21-13-5-6-14-21/h9-12,17H,3-8,13-16H2,1-2H3/t17-/m1/s1. The van der Waals surface area contributed by atoms with Crippen LogP contribution in [0.2, 0.25) is 0 Å². The number of amides is 1. The van der Waals surface area contributed by atoms with Gasteiger partial charge in [0.25, 0.3) is 0 Å². The molecule has 8 nitrogen and oxygen atoms in total. The molecule has 0 radical (unpaired) electrons. The van der Waals surface area contributed by atoms with Gasteiger partial charge in [-0.25, -0.2) is 16.8 Å². The van der Waals surface area contributed by atoms with Crippen LogP contribution in [0.5, 0.6) is 0 Å². The Morgan fingerprint density at radius 3 is 2.07 bits per heavy atom. The first-order valence-electron chi connectivity index (χ1n) is 10.6. The average Bonchev–Trinajstić information content (AvgIpc) is 3.29. The fourth-order valence-corrected chi connectivity index (χ4v) is 7.19. The Hall–Kier alpha value is -1.49. The lowest BCUT2D eigenvalue weighted by molar-refractivity contribution is -0.135. The van der Waals surface area contributed by atoms with E-state index in [0.29, 0.717) is 32.5 Å². The Balaban J connectivity index is 1.77. The van der Waals surface area contributed by atoms with Gasteiger partial charge in [0.15, 0.2) is 0 Å². The zero-order valence-electron chi connectivity index (χ0n) is 17.7. The summed E-state index contributed by atoms with van der Waals surface area (Å²) in [7, 11) is -7.43. The third-order valence-corrected chi connectivity index (χ3v) is 9.90. The van der Waals surface area contributed by atoms with Crippen LogP contribution in [0.4, 0.5) is 0 Å². The molecule has 2 aliphatic heterocycles. The van der Waals surface area contributed by atoms with Crippen LogP contribution in [0.15, 0.2) is 34.1 Å². The Kier molecular flexibility index (Phi) is 7.21. The summed E-state index contributed by atoms with van der Waals surface area (Å²) in [5.41, 5.74) is 0. The van der Waals surface area contributed by atoms with Crippen molar-refractivity contribution in [1.29, 1.82) is 0 Å². The molecule has 1 aromatic rings. The topological polar surface area (TPSA) is 95.1 Å². The van der Waals surface area contributed by atoms with Crippen LogP contribution < -0.4 is 0 Å². The van der Waals surface area contributed by atoms with E-state index in [1.54, 1.807) is 13.8 Å². The molecule has 0 N–H and O–H groups in total. The average molecular weight is 458 g/mol. The molecule has 2 fully saturated rings. The van der Waals surface area contributed by atoms with E-state index in [0.717, 1.165) is 25.9 Å². The van der Waals surface area contributed by atoms with Crippen LogP contribution in [0, 0.1) is 5.92 Å². The van der Waals surface area contributed by atoms with Crippen LogP contribution in [-0.4, -0.2) is 75.5 Å². The minimum absolute atomic E-state index is 0.0491. The SMILES string of the molecule is CCN(CC)S(=O)(=O)c1ccc(S(=O)(=O)N2CCC[C@@H](C(=O)N3CCCC3)C2)cc1. The second-order valence-electron chi connectivity index (χ2n) is 7.80. The summed E-state index contributed by atoms with van der Waals surface area (Å²) in [5.74, 6) is -0.262. The molecule has 2 aliphatic rings. The summed E-state index contributed by atoms with van der Waals surface area (Å²) in [6.45, 7) is 6.27. The van der Waals surface area contributed by atoms with Gasteiger partial charge in [0.2, 0.25) is 26.0 Å². The van der Waals surface area contributed by atoms with Crippen LogP contribution in [0.25, 0.3) is 0 Å². The highest BCUT2D eigenvalue weighted by Gasteiger charge is 2.35. The summed E-state index contributed by atoms with van der Waals surface area (Å²) < 4.78 is 54.2. The van der Waals surface area contributed by atoms with E-state index >= 15 is 0 Å². The molecule has 1 atom stereocenters. The first-order valence-corrected chi connectivity index (χ1v) is 13.5. The van der Waals surface area contributed by atoms with E-state index in [2.05, 4.69) is 0 Å². The van der Waals surface area contributed by atoms with Gasteiger partial charge in [-0.1, -0.05) is 13.8 Å². The minimum Gasteiger partial charge on any atom is -0.342 e. The van der Waals surface area contributed by atoms with Gasteiger partial charge in [0.05, 0.1) is 15.7 Å². The second-order valence-corrected chi connectivity index (χ2v) is 11.7. The smallest absolute Gasteiger partial charge is 0.243 e. The quantitative estimate of drug-likeness (QED) is 0.622. The van der Waals surface area contributed by atoms with Crippen LogP contribution in [0.3, 0.4) is 0 Å². The fourth-order valence-electron chi connectivity index (χ4n) is 4.20. The van der Waals surface area contributed by atoms with E-state index in [9.17, 15) is 21.6 Å². The van der Waals surface area contributed by atoms with Gasteiger partial charge in [0.1, 0.15) is 0 Å². The third-order valence-electron chi connectivity index (χ3n) is 5.96. The molecular formula is C20H31N3O5S2. The molecule has 2 heterocycles. The van der Waals surface area contributed by atoms with Crippen molar-refractivity contribution >= 4 is 26.0 Å². The highest BCUT2D eigenvalue weighted by molar-refractivity contribution is 7.89. The molecule has 30 heavy (non-hydrogen) atoms. The van der Waals surface area contributed by atoms with E-state index < -0.39 is 20.0 Å². The van der Waals surface area contributed by atoms with Crippen molar-refractivity contribution < 1.29 is 21.6 Å². The van der Waals surface area contributed by atoms with Crippen molar-refractivity contribution in [1.82, 2.24) is 13.5 Å². The molecule has 0 spiro atoms. The normalized spacial score (nSPS) is 21.3. The maximum atomic E-state index is 13.1. The summed E-state index contributed by atoms with van der Waals surface area (Å²) in [4.78, 5) is 14.7. The largest absolute Gasteiger partial charge is 0.342 e. The highest BCUT2D eigenvalue weighted by Crippen LogP contribution is 2.27. The molecule has 0 bridgehead atoms. The van der Waals surface area contributed by atoms with Gasteiger partial charge in [-0.2, -0.15) is 8.61 Å². The zero-order chi connectivity index (χ0) is 21.9. The van der Waals surface area contributed by atoms with Crippen molar-refractivity contribution in [2.24, 2.45) is 5.92 Å². The number of benzene rings is 1. The van der Waals surface area contributed by atoms with E-state index in [1.807, 2.05) is 4.90 Å². The number of carbonyl (C=O) groups is 1. The van der Waals surface area contributed by atoms with Crippen molar-refractivity contribution in [3.8, 4) is 0 Å². The van der Waals surface area contributed by atoms with E-state index in [4.69, 9.17) is 0 Å². The number of likely N-dealkylation sites (tertiary alicyclic amines) is 1. The fraction of sp³-hybridized carbons (Fsp3) is 0.650.